The second-order valence-corrected chi connectivity index (χ2v) is 9.57. The van der Waals surface area contributed by atoms with Crippen molar-refractivity contribution >= 4 is 21.6 Å². The van der Waals surface area contributed by atoms with E-state index in [4.69, 9.17) is 4.74 Å². The zero-order chi connectivity index (χ0) is 22.4. The summed E-state index contributed by atoms with van der Waals surface area (Å²) in [6.45, 7) is 6.63. The summed E-state index contributed by atoms with van der Waals surface area (Å²) in [5.74, 6) is 0.791. The van der Waals surface area contributed by atoms with E-state index in [-0.39, 0.29) is 23.8 Å². The van der Waals surface area contributed by atoms with Crippen LogP contribution in [0.4, 0.5) is 5.69 Å². The van der Waals surface area contributed by atoms with Crippen molar-refractivity contribution in [1.29, 1.82) is 0 Å². The first-order chi connectivity index (χ1) is 14.8. The molecular weight excluding hydrogens is 414 g/mol. The van der Waals surface area contributed by atoms with E-state index in [1.165, 1.54) is 0 Å². The second-order valence-electron chi connectivity index (χ2n) is 7.84. The summed E-state index contributed by atoms with van der Waals surface area (Å²) in [4.78, 5) is 17.0. The summed E-state index contributed by atoms with van der Waals surface area (Å²) in [6, 6.07) is 13.3. The fourth-order valence-electron chi connectivity index (χ4n) is 3.74. The molecule has 168 valence electrons. The number of hydrogen-bond acceptors (Lipinski definition) is 5. The zero-order valence-corrected chi connectivity index (χ0v) is 19.2. The lowest BCUT2D eigenvalue weighted by atomic mass is 10.2. The molecule has 0 atom stereocenters. The molecule has 2 aromatic carbocycles. The van der Waals surface area contributed by atoms with E-state index in [0.29, 0.717) is 18.7 Å². The van der Waals surface area contributed by atoms with Crippen LogP contribution in [-0.4, -0.2) is 59.1 Å². The molecule has 1 N–H and O–H groups in total. The maximum Gasteiger partial charge on any atom is 0.240 e. The van der Waals surface area contributed by atoms with Crippen molar-refractivity contribution < 1.29 is 17.9 Å². The molecule has 1 heterocycles. The van der Waals surface area contributed by atoms with Crippen LogP contribution in [0.25, 0.3) is 0 Å². The summed E-state index contributed by atoms with van der Waals surface area (Å²) in [5, 5.41) is 0. The van der Waals surface area contributed by atoms with E-state index in [0.717, 1.165) is 36.5 Å². The smallest absolute Gasteiger partial charge is 0.240 e. The van der Waals surface area contributed by atoms with Gasteiger partial charge in [-0.05, 0) is 61.7 Å². The lowest BCUT2D eigenvalue weighted by Crippen LogP contribution is -2.37. The predicted molar refractivity (Wildman–Crippen MR) is 122 cm³/mol. The molecule has 0 spiro atoms. The van der Waals surface area contributed by atoms with Crippen LogP contribution in [0.15, 0.2) is 47.4 Å². The maximum atomic E-state index is 12.7. The number of nitrogens with one attached hydrogen (secondary N) is 1. The van der Waals surface area contributed by atoms with Crippen LogP contribution >= 0.6 is 0 Å². The minimum Gasteiger partial charge on any atom is -0.497 e. The van der Waals surface area contributed by atoms with E-state index >= 15 is 0 Å². The van der Waals surface area contributed by atoms with Gasteiger partial charge in [-0.2, -0.15) is 0 Å². The summed E-state index contributed by atoms with van der Waals surface area (Å²) in [7, 11) is -1.99. The molecule has 0 aromatic heterocycles. The first kappa shape index (κ1) is 23.1. The monoisotopic (exact) mass is 445 g/mol. The molecule has 0 aliphatic carbocycles. The molecule has 8 heteroatoms. The number of aryl methyl sites for hydroxylation is 2. The molecule has 0 unspecified atom stereocenters. The molecule has 1 aliphatic rings. The number of carbonyl (C=O) groups excluding carboxylic acids is 1. The lowest BCUT2D eigenvalue weighted by Gasteiger charge is -2.24. The zero-order valence-electron chi connectivity index (χ0n) is 18.4. The fraction of sp³-hybridized carbons (Fsp3) is 0.435. The molecule has 1 saturated heterocycles. The van der Waals surface area contributed by atoms with Crippen molar-refractivity contribution in [3.05, 3.63) is 53.6 Å². The average Bonchev–Trinajstić information content (AvgIpc) is 3.01. The van der Waals surface area contributed by atoms with Gasteiger partial charge in [0.05, 0.1) is 12.0 Å². The van der Waals surface area contributed by atoms with Gasteiger partial charge in [-0.3, -0.25) is 4.79 Å². The summed E-state index contributed by atoms with van der Waals surface area (Å²) in [5.41, 5.74) is 2.68. The minimum absolute atomic E-state index is 0.0276. The Balaban J connectivity index is 1.52. The number of anilines is 1. The number of sulfonamides is 1. The third kappa shape index (κ3) is 5.98. The highest BCUT2D eigenvalue weighted by atomic mass is 32.2. The largest absolute Gasteiger partial charge is 0.497 e. The SMILES string of the molecule is COc1ccc(N2CCCN(C(=O)CCNS(=O)(=O)c3cc(C)ccc3C)CC2)cc1. The molecule has 1 aliphatic heterocycles. The molecule has 1 amide bonds. The van der Waals surface area contributed by atoms with Gasteiger partial charge >= 0.3 is 0 Å². The molecular formula is C23H31N3O4S. The van der Waals surface area contributed by atoms with Crippen LogP contribution in [0.3, 0.4) is 0 Å². The van der Waals surface area contributed by atoms with Gasteiger partial charge in [-0.25, -0.2) is 13.1 Å². The van der Waals surface area contributed by atoms with Crippen LogP contribution < -0.4 is 14.4 Å². The van der Waals surface area contributed by atoms with Gasteiger partial charge in [-0.1, -0.05) is 12.1 Å². The first-order valence-corrected chi connectivity index (χ1v) is 12.0. The van der Waals surface area contributed by atoms with E-state index in [2.05, 4.69) is 9.62 Å². The van der Waals surface area contributed by atoms with Crippen LogP contribution in [0.5, 0.6) is 5.75 Å². The third-order valence-corrected chi connectivity index (χ3v) is 7.15. The Hall–Kier alpha value is -2.58. The van der Waals surface area contributed by atoms with E-state index in [9.17, 15) is 13.2 Å². The average molecular weight is 446 g/mol. The van der Waals surface area contributed by atoms with Gasteiger partial charge in [0.25, 0.3) is 0 Å². The number of methoxy groups -OCH3 is 1. The van der Waals surface area contributed by atoms with E-state index in [1.54, 1.807) is 26.2 Å². The van der Waals surface area contributed by atoms with Gasteiger partial charge in [-0.15, -0.1) is 0 Å². The third-order valence-electron chi connectivity index (χ3n) is 5.55. The van der Waals surface area contributed by atoms with Crippen molar-refractivity contribution in [2.75, 3.05) is 44.7 Å². The van der Waals surface area contributed by atoms with Crippen LogP contribution in [-0.2, 0) is 14.8 Å². The van der Waals surface area contributed by atoms with Gasteiger partial charge < -0.3 is 14.5 Å². The van der Waals surface area contributed by atoms with Crippen LogP contribution in [0.2, 0.25) is 0 Å². The first-order valence-electron chi connectivity index (χ1n) is 10.5. The number of carbonyl (C=O) groups is 1. The van der Waals surface area contributed by atoms with Gasteiger partial charge in [0, 0.05) is 44.8 Å². The Morgan fingerprint density at radius 2 is 1.77 bits per heavy atom. The Morgan fingerprint density at radius 3 is 2.48 bits per heavy atom. The topological polar surface area (TPSA) is 79.0 Å². The number of benzene rings is 2. The summed E-state index contributed by atoms with van der Waals surface area (Å²) in [6.07, 6.45) is 1.01. The second kappa shape index (κ2) is 10.2. The maximum absolute atomic E-state index is 12.7. The lowest BCUT2D eigenvalue weighted by molar-refractivity contribution is -0.130. The number of nitrogens with zero attached hydrogens (tertiary/aromatic N) is 2. The van der Waals surface area contributed by atoms with Crippen molar-refractivity contribution in [3.63, 3.8) is 0 Å². The number of amides is 1. The Kier molecular flexibility index (Phi) is 7.56. The number of rotatable bonds is 7. The molecule has 7 nitrogen and oxygen atoms in total. The number of ether oxygens (including phenoxy) is 1. The summed E-state index contributed by atoms with van der Waals surface area (Å²) >= 11 is 0. The normalized spacial score (nSPS) is 14.9. The Morgan fingerprint density at radius 1 is 1.03 bits per heavy atom. The Bertz CT molecular complexity index is 1010. The molecule has 3 rings (SSSR count). The van der Waals surface area contributed by atoms with Gasteiger partial charge in [0.1, 0.15) is 5.75 Å². The highest BCUT2D eigenvalue weighted by Crippen LogP contribution is 2.21. The molecule has 1 fully saturated rings. The number of hydrogen-bond donors (Lipinski definition) is 1. The van der Waals surface area contributed by atoms with Crippen LogP contribution in [0, 0.1) is 13.8 Å². The van der Waals surface area contributed by atoms with Crippen molar-refractivity contribution in [1.82, 2.24) is 9.62 Å². The van der Waals surface area contributed by atoms with Crippen LogP contribution in [0.1, 0.15) is 24.0 Å². The molecule has 31 heavy (non-hydrogen) atoms. The summed E-state index contributed by atoms with van der Waals surface area (Å²) < 4.78 is 33.0. The molecule has 2 aromatic rings. The minimum atomic E-state index is -3.64. The highest BCUT2D eigenvalue weighted by molar-refractivity contribution is 7.89. The highest BCUT2D eigenvalue weighted by Gasteiger charge is 2.21. The fourth-order valence-corrected chi connectivity index (χ4v) is 5.10. The standard InChI is InChI=1S/C23H31N3O4S/c1-18-5-6-19(2)22(17-18)31(28,29)24-12-11-23(27)26-14-4-13-25(15-16-26)20-7-9-21(30-3)10-8-20/h5-10,17,24H,4,11-16H2,1-3H3. The molecule has 0 saturated carbocycles. The van der Waals surface area contributed by atoms with Gasteiger partial charge in [0.15, 0.2) is 0 Å². The van der Waals surface area contributed by atoms with Crippen molar-refractivity contribution in [2.24, 2.45) is 0 Å². The van der Waals surface area contributed by atoms with E-state index < -0.39 is 10.0 Å². The molecule has 0 radical (unpaired) electrons. The van der Waals surface area contributed by atoms with Gasteiger partial charge in [0.2, 0.25) is 15.9 Å². The van der Waals surface area contributed by atoms with Crippen molar-refractivity contribution in [3.8, 4) is 5.75 Å². The molecule has 0 bridgehead atoms. The predicted octanol–water partition coefficient (Wildman–Crippen LogP) is 2.72. The quantitative estimate of drug-likeness (QED) is 0.709. The Labute approximate surface area is 185 Å². The van der Waals surface area contributed by atoms with Crippen molar-refractivity contribution in [2.45, 2.75) is 31.6 Å². The van der Waals surface area contributed by atoms with E-state index in [1.807, 2.05) is 42.2 Å².